The summed E-state index contributed by atoms with van der Waals surface area (Å²) in [5.41, 5.74) is 3.16. The summed E-state index contributed by atoms with van der Waals surface area (Å²) in [7, 11) is 1.39. The number of thiophene rings is 1. The van der Waals surface area contributed by atoms with Crippen molar-refractivity contribution in [2.75, 3.05) is 12.4 Å². The number of halogens is 1. The fourth-order valence-electron chi connectivity index (χ4n) is 3.50. The number of amides is 2. The van der Waals surface area contributed by atoms with Crippen LogP contribution in [0.5, 0.6) is 0 Å². The summed E-state index contributed by atoms with van der Waals surface area (Å²) in [6.45, 7) is 0.551. The van der Waals surface area contributed by atoms with Crippen LogP contribution in [-0.4, -0.2) is 29.9 Å². The summed E-state index contributed by atoms with van der Waals surface area (Å²) in [6.07, 6.45) is 8.45. The van der Waals surface area contributed by atoms with Crippen molar-refractivity contribution in [3.63, 3.8) is 0 Å². The van der Waals surface area contributed by atoms with Crippen LogP contribution in [0.2, 0.25) is 5.02 Å². The summed E-state index contributed by atoms with van der Waals surface area (Å²) in [4.78, 5) is 35.4. The summed E-state index contributed by atoms with van der Waals surface area (Å²) >= 11 is 7.32. The van der Waals surface area contributed by atoms with E-state index < -0.39 is 6.04 Å². The molecule has 0 bridgehead atoms. The van der Waals surface area contributed by atoms with E-state index in [0.29, 0.717) is 28.8 Å². The zero-order chi connectivity index (χ0) is 20.6. The summed E-state index contributed by atoms with van der Waals surface area (Å²) in [5.74, 6) is -0.114. The third kappa shape index (κ3) is 6.42. The maximum Gasteiger partial charge on any atom is 0.266 e. The van der Waals surface area contributed by atoms with Crippen molar-refractivity contribution in [2.24, 2.45) is 5.92 Å². The molecule has 0 aromatic carbocycles. The molecular weight excluding hydrogens is 412 g/mol. The molecule has 0 unspecified atom stereocenters. The first-order valence-electron chi connectivity index (χ1n) is 9.62. The Hall–Kier alpha value is -2.16. The standard InChI is InChI=1S/C20H25ClN4O3S/c1-28-25-19(26)17(8-13-4-2-3-5-13)24-20(27)18-7-6-16(29-18)12-23-15-9-14(21)10-22-11-15/h6-7,9-11,13,17,23H,2-5,8,12H2,1H3,(H,24,27)(H,25,26)/t17-/m0/s1. The molecule has 1 atom stereocenters. The SMILES string of the molecule is CONC(=O)[C@H](CC1CCCC1)NC(=O)c1ccc(CNc2cncc(Cl)c2)s1. The quantitative estimate of drug-likeness (QED) is 0.520. The molecule has 29 heavy (non-hydrogen) atoms. The minimum absolute atomic E-state index is 0.250. The van der Waals surface area contributed by atoms with Crippen LogP contribution in [0.15, 0.2) is 30.6 Å². The topological polar surface area (TPSA) is 92.4 Å². The summed E-state index contributed by atoms with van der Waals surface area (Å²) < 4.78 is 0. The van der Waals surface area contributed by atoms with Gasteiger partial charge in [0.25, 0.3) is 11.8 Å². The molecule has 1 aliphatic rings. The Morgan fingerprint density at radius 1 is 1.31 bits per heavy atom. The van der Waals surface area contributed by atoms with Gasteiger partial charge in [0.1, 0.15) is 6.04 Å². The van der Waals surface area contributed by atoms with Crippen LogP contribution < -0.4 is 16.1 Å². The molecule has 2 aromatic heterocycles. The predicted molar refractivity (Wildman–Crippen MR) is 114 cm³/mol. The zero-order valence-corrected chi connectivity index (χ0v) is 17.8. The highest BCUT2D eigenvalue weighted by atomic mass is 35.5. The van der Waals surface area contributed by atoms with E-state index in [4.69, 9.17) is 16.4 Å². The Morgan fingerprint density at radius 3 is 2.83 bits per heavy atom. The minimum atomic E-state index is -0.605. The van der Waals surface area contributed by atoms with Gasteiger partial charge >= 0.3 is 0 Å². The van der Waals surface area contributed by atoms with Gasteiger partial charge < -0.3 is 10.6 Å². The number of anilines is 1. The van der Waals surface area contributed by atoms with Crippen LogP contribution in [-0.2, 0) is 16.2 Å². The highest BCUT2D eigenvalue weighted by Crippen LogP contribution is 2.29. The van der Waals surface area contributed by atoms with Crippen LogP contribution in [0, 0.1) is 5.92 Å². The van der Waals surface area contributed by atoms with E-state index in [2.05, 4.69) is 21.1 Å². The number of hydroxylamine groups is 1. The number of nitrogens with zero attached hydrogens (tertiary/aromatic N) is 1. The lowest BCUT2D eigenvalue weighted by atomic mass is 9.98. The monoisotopic (exact) mass is 436 g/mol. The highest BCUT2D eigenvalue weighted by molar-refractivity contribution is 7.14. The van der Waals surface area contributed by atoms with Crippen LogP contribution in [0.3, 0.4) is 0 Å². The number of aromatic nitrogens is 1. The zero-order valence-electron chi connectivity index (χ0n) is 16.2. The molecule has 7 nitrogen and oxygen atoms in total. The van der Waals surface area contributed by atoms with Gasteiger partial charge in [-0.1, -0.05) is 37.3 Å². The largest absolute Gasteiger partial charge is 0.379 e. The average Bonchev–Trinajstić information content (AvgIpc) is 3.38. The second-order valence-corrected chi connectivity index (χ2v) is 8.70. The van der Waals surface area contributed by atoms with Crippen molar-refractivity contribution >= 4 is 40.4 Å². The number of carbonyl (C=O) groups excluding carboxylic acids is 2. The second kappa shape index (κ2) is 10.6. The van der Waals surface area contributed by atoms with E-state index in [0.717, 1.165) is 23.4 Å². The van der Waals surface area contributed by atoms with E-state index in [1.807, 2.05) is 6.07 Å². The lowest BCUT2D eigenvalue weighted by Gasteiger charge is -2.20. The lowest BCUT2D eigenvalue weighted by Crippen LogP contribution is -2.47. The number of hydrogen-bond donors (Lipinski definition) is 3. The molecular formula is C20H25ClN4O3S. The molecule has 156 valence electrons. The first-order valence-corrected chi connectivity index (χ1v) is 10.8. The van der Waals surface area contributed by atoms with Crippen LogP contribution in [0.25, 0.3) is 0 Å². The first kappa shape index (κ1) is 21.5. The number of carbonyl (C=O) groups is 2. The molecule has 1 fully saturated rings. The number of pyridine rings is 1. The Morgan fingerprint density at radius 2 is 2.10 bits per heavy atom. The number of hydrogen-bond acceptors (Lipinski definition) is 6. The van der Waals surface area contributed by atoms with E-state index in [-0.39, 0.29) is 11.8 Å². The molecule has 3 N–H and O–H groups in total. The van der Waals surface area contributed by atoms with Gasteiger partial charge in [-0.3, -0.25) is 19.4 Å². The predicted octanol–water partition coefficient (Wildman–Crippen LogP) is 3.76. The molecule has 0 radical (unpaired) electrons. The Balaban J connectivity index is 1.58. The minimum Gasteiger partial charge on any atom is -0.379 e. The lowest BCUT2D eigenvalue weighted by molar-refractivity contribution is -0.133. The van der Waals surface area contributed by atoms with Crippen molar-refractivity contribution in [3.8, 4) is 0 Å². The molecule has 9 heteroatoms. The van der Waals surface area contributed by atoms with Gasteiger partial charge in [0.05, 0.1) is 28.9 Å². The van der Waals surface area contributed by atoms with Gasteiger partial charge in [0.15, 0.2) is 0 Å². The third-order valence-corrected chi connectivity index (χ3v) is 6.22. The molecule has 0 saturated heterocycles. The van der Waals surface area contributed by atoms with Crippen molar-refractivity contribution < 1.29 is 14.4 Å². The van der Waals surface area contributed by atoms with Crippen molar-refractivity contribution in [2.45, 2.75) is 44.7 Å². The summed E-state index contributed by atoms with van der Waals surface area (Å²) in [5, 5.41) is 6.66. The number of nitrogens with one attached hydrogen (secondary N) is 3. The third-order valence-electron chi connectivity index (χ3n) is 4.93. The highest BCUT2D eigenvalue weighted by Gasteiger charge is 2.27. The maximum atomic E-state index is 12.7. The van der Waals surface area contributed by atoms with E-state index in [9.17, 15) is 9.59 Å². The molecule has 0 spiro atoms. The second-order valence-electron chi connectivity index (χ2n) is 7.09. The van der Waals surface area contributed by atoms with Crippen LogP contribution >= 0.6 is 22.9 Å². The maximum absolute atomic E-state index is 12.7. The Kier molecular flexibility index (Phi) is 7.85. The molecule has 1 aliphatic carbocycles. The van der Waals surface area contributed by atoms with Crippen LogP contribution in [0.4, 0.5) is 5.69 Å². The molecule has 2 amide bonds. The first-order chi connectivity index (χ1) is 14.0. The van der Waals surface area contributed by atoms with E-state index in [1.54, 1.807) is 24.5 Å². The van der Waals surface area contributed by atoms with Crippen LogP contribution in [0.1, 0.15) is 46.7 Å². The van der Waals surface area contributed by atoms with Crippen molar-refractivity contribution in [3.05, 3.63) is 45.4 Å². The fourth-order valence-corrected chi connectivity index (χ4v) is 4.53. The van der Waals surface area contributed by atoms with Gasteiger partial charge in [0, 0.05) is 17.6 Å². The molecule has 3 rings (SSSR count). The molecule has 0 aliphatic heterocycles. The van der Waals surface area contributed by atoms with Gasteiger partial charge in [0.2, 0.25) is 0 Å². The fraction of sp³-hybridized carbons (Fsp3) is 0.450. The summed E-state index contributed by atoms with van der Waals surface area (Å²) in [6, 6.07) is 4.85. The average molecular weight is 437 g/mol. The number of rotatable bonds is 9. The van der Waals surface area contributed by atoms with Gasteiger partial charge in [-0.05, 0) is 30.5 Å². The van der Waals surface area contributed by atoms with Crippen molar-refractivity contribution in [1.29, 1.82) is 0 Å². The van der Waals surface area contributed by atoms with E-state index >= 15 is 0 Å². The molecule has 2 aromatic rings. The van der Waals surface area contributed by atoms with Gasteiger partial charge in [-0.2, -0.15) is 0 Å². The van der Waals surface area contributed by atoms with Crippen molar-refractivity contribution in [1.82, 2.24) is 15.8 Å². The van der Waals surface area contributed by atoms with Gasteiger partial charge in [-0.15, -0.1) is 11.3 Å². The normalized spacial score (nSPS) is 15.1. The Bertz CT molecular complexity index is 839. The Labute approximate surface area is 179 Å². The smallest absolute Gasteiger partial charge is 0.266 e. The van der Waals surface area contributed by atoms with E-state index in [1.165, 1.54) is 31.3 Å². The molecule has 2 heterocycles. The molecule has 1 saturated carbocycles. The van der Waals surface area contributed by atoms with Gasteiger partial charge in [-0.25, -0.2) is 5.48 Å².